The highest BCUT2D eigenvalue weighted by atomic mass is 16.5. The molecule has 0 saturated heterocycles. The molecule has 0 saturated carbocycles. The molecule has 0 amide bonds. The lowest BCUT2D eigenvalue weighted by Gasteiger charge is -2.18. The average molecular weight is 233 g/mol. The van der Waals surface area contributed by atoms with Crippen molar-refractivity contribution in [2.24, 2.45) is 10.5 Å². The Bertz CT molecular complexity index is 386. The summed E-state index contributed by atoms with van der Waals surface area (Å²) in [5.41, 5.74) is 9.71. The van der Waals surface area contributed by atoms with Gasteiger partial charge in [-0.3, -0.25) is 0 Å². The Balaban J connectivity index is 2.47. The van der Waals surface area contributed by atoms with Gasteiger partial charge in [-0.15, -0.1) is 0 Å². The van der Waals surface area contributed by atoms with E-state index in [1.165, 1.54) is 5.56 Å². The van der Waals surface area contributed by atoms with Gasteiger partial charge in [-0.05, 0) is 35.1 Å². The molecule has 0 unspecified atom stereocenters. The van der Waals surface area contributed by atoms with E-state index in [2.05, 4.69) is 42.9 Å². The fraction of sp³-hybridized carbons (Fsp3) is 0.538. The minimum atomic E-state index is 0.296. The maximum atomic E-state index is 8.11. The zero-order chi connectivity index (χ0) is 12.7. The average Bonchev–Trinajstić information content (AvgIpc) is 2.25. The van der Waals surface area contributed by atoms with E-state index >= 15 is 0 Å². The van der Waals surface area contributed by atoms with Crippen LogP contribution in [0.15, 0.2) is 29.4 Å². The highest BCUT2D eigenvalue weighted by Gasteiger charge is 2.10. The predicted octanol–water partition coefficient (Wildman–Crippen LogP) is 3.96. The monoisotopic (exact) mass is 233 g/mol. The maximum Gasteiger partial charge on any atom is 0.119 e. The Hall–Kier alpha value is -1.67. The van der Waals surface area contributed by atoms with Gasteiger partial charge in [0.2, 0.25) is 0 Å². The zero-order valence-corrected chi connectivity index (χ0v) is 10.7. The molecule has 4 heteroatoms. The van der Waals surface area contributed by atoms with Crippen molar-refractivity contribution in [3.8, 4) is 5.75 Å². The van der Waals surface area contributed by atoms with Gasteiger partial charge in [-0.1, -0.05) is 38.0 Å². The molecule has 0 aliphatic carbocycles. The summed E-state index contributed by atoms with van der Waals surface area (Å²) in [6.45, 7) is 7.44. The van der Waals surface area contributed by atoms with Gasteiger partial charge in [-0.2, -0.15) is 0 Å². The molecule has 17 heavy (non-hydrogen) atoms. The number of nitrogens with zero attached hydrogens (tertiary/aromatic N) is 3. The molecule has 4 nitrogen and oxygen atoms in total. The molecule has 0 fully saturated rings. The van der Waals surface area contributed by atoms with Gasteiger partial charge in [0.25, 0.3) is 0 Å². The summed E-state index contributed by atoms with van der Waals surface area (Å²) >= 11 is 0. The summed E-state index contributed by atoms with van der Waals surface area (Å²) in [5, 5.41) is 3.41. The molecular weight excluding hydrogens is 214 g/mol. The second-order valence-corrected chi connectivity index (χ2v) is 5.18. The van der Waals surface area contributed by atoms with Crippen molar-refractivity contribution in [1.29, 1.82) is 0 Å². The third-order valence-electron chi connectivity index (χ3n) is 2.18. The standard InChI is InChI=1S/C13H19N3O/c1-13(2,3)10-11-4-6-12(7-5-11)17-9-8-15-16-14/h4-7H,8-10H2,1-3H3. The van der Waals surface area contributed by atoms with Gasteiger partial charge in [-0.25, -0.2) is 0 Å². The van der Waals surface area contributed by atoms with Gasteiger partial charge >= 0.3 is 0 Å². The van der Waals surface area contributed by atoms with Gasteiger partial charge < -0.3 is 4.74 Å². The Labute approximate surface area is 102 Å². The third-order valence-corrected chi connectivity index (χ3v) is 2.18. The predicted molar refractivity (Wildman–Crippen MR) is 69.1 cm³/mol. The summed E-state index contributed by atoms with van der Waals surface area (Å²) in [6.07, 6.45) is 1.05. The number of hydrogen-bond donors (Lipinski definition) is 0. The first kappa shape index (κ1) is 13.4. The molecule has 1 aromatic rings. The summed E-state index contributed by atoms with van der Waals surface area (Å²) in [5.74, 6) is 0.816. The molecule has 1 aromatic carbocycles. The summed E-state index contributed by atoms with van der Waals surface area (Å²) in [7, 11) is 0. The largest absolute Gasteiger partial charge is 0.493 e. The van der Waals surface area contributed by atoms with Gasteiger partial charge in [0.1, 0.15) is 5.75 Å². The Kier molecular flexibility index (Phi) is 4.85. The lowest BCUT2D eigenvalue weighted by atomic mass is 9.88. The topological polar surface area (TPSA) is 58.0 Å². The van der Waals surface area contributed by atoms with Crippen LogP contribution in [-0.4, -0.2) is 13.2 Å². The lowest BCUT2D eigenvalue weighted by molar-refractivity contribution is 0.328. The third kappa shape index (κ3) is 5.83. The molecule has 0 heterocycles. The zero-order valence-electron chi connectivity index (χ0n) is 10.7. The molecular formula is C13H19N3O. The number of azide groups is 1. The summed E-state index contributed by atoms with van der Waals surface area (Å²) < 4.78 is 5.43. The normalized spacial score (nSPS) is 10.8. The van der Waals surface area contributed by atoms with Crippen molar-refractivity contribution in [1.82, 2.24) is 0 Å². The quantitative estimate of drug-likeness (QED) is 0.328. The first-order valence-electron chi connectivity index (χ1n) is 5.74. The van der Waals surface area contributed by atoms with E-state index in [0.717, 1.165) is 12.2 Å². The van der Waals surface area contributed by atoms with E-state index in [0.29, 0.717) is 18.6 Å². The van der Waals surface area contributed by atoms with Crippen molar-refractivity contribution < 1.29 is 4.74 Å². The van der Waals surface area contributed by atoms with Gasteiger partial charge in [0, 0.05) is 4.91 Å². The van der Waals surface area contributed by atoms with Crippen LogP contribution in [0.2, 0.25) is 0 Å². The molecule has 0 bridgehead atoms. The minimum absolute atomic E-state index is 0.296. The Morgan fingerprint density at radius 2 is 1.88 bits per heavy atom. The summed E-state index contributed by atoms with van der Waals surface area (Å²) in [4.78, 5) is 2.67. The fourth-order valence-corrected chi connectivity index (χ4v) is 1.56. The van der Waals surface area contributed by atoms with Crippen LogP contribution < -0.4 is 4.74 Å². The summed E-state index contributed by atoms with van der Waals surface area (Å²) in [6, 6.07) is 8.07. The maximum absolute atomic E-state index is 8.11. The van der Waals surface area contributed by atoms with E-state index in [-0.39, 0.29) is 0 Å². The van der Waals surface area contributed by atoms with Crippen LogP contribution in [0.1, 0.15) is 26.3 Å². The van der Waals surface area contributed by atoms with Crippen LogP contribution in [0.25, 0.3) is 10.4 Å². The number of benzene rings is 1. The van der Waals surface area contributed by atoms with Crippen molar-refractivity contribution >= 4 is 0 Å². The van der Waals surface area contributed by atoms with Gasteiger partial charge in [0.05, 0.1) is 13.2 Å². The van der Waals surface area contributed by atoms with Crippen LogP contribution in [0.3, 0.4) is 0 Å². The fourth-order valence-electron chi connectivity index (χ4n) is 1.56. The van der Waals surface area contributed by atoms with E-state index in [1.807, 2.05) is 12.1 Å². The van der Waals surface area contributed by atoms with E-state index in [4.69, 9.17) is 10.3 Å². The molecule has 0 aliphatic heterocycles. The van der Waals surface area contributed by atoms with Crippen LogP contribution in [-0.2, 0) is 6.42 Å². The number of ether oxygens (including phenoxy) is 1. The first-order valence-corrected chi connectivity index (χ1v) is 5.74. The SMILES string of the molecule is CC(C)(C)Cc1ccc(OCCN=[N+]=[N-])cc1. The second kappa shape index (κ2) is 6.16. The lowest BCUT2D eigenvalue weighted by Crippen LogP contribution is -2.09. The second-order valence-electron chi connectivity index (χ2n) is 5.18. The smallest absolute Gasteiger partial charge is 0.119 e. The molecule has 0 aliphatic rings. The first-order chi connectivity index (χ1) is 8.01. The highest BCUT2D eigenvalue weighted by Crippen LogP contribution is 2.22. The van der Waals surface area contributed by atoms with Crippen LogP contribution in [0.4, 0.5) is 0 Å². The van der Waals surface area contributed by atoms with E-state index in [9.17, 15) is 0 Å². The van der Waals surface area contributed by atoms with Crippen LogP contribution >= 0.6 is 0 Å². The van der Waals surface area contributed by atoms with Crippen LogP contribution in [0, 0.1) is 5.41 Å². The molecule has 0 spiro atoms. The number of rotatable bonds is 5. The van der Waals surface area contributed by atoms with E-state index in [1.54, 1.807) is 0 Å². The van der Waals surface area contributed by atoms with Crippen molar-refractivity contribution in [3.63, 3.8) is 0 Å². The Morgan fingerprint density at radius 3 is 2.41 bits per heavy atom. The Morgan fingerprint density at radius 1 is 1.24 bits per heavy atom. The van der Waals surface area contributed by atoms with Crippen molar-refractivity contribution in [3.05, 3.63) is 40.3 Å². The molecule has 0 atom stereocenters. The molecule has 92 valence electrons. The van der Waals surface area contributed by atoms with Crippen molar-refractivity contribution in [2.45, 2.75) is 27.2 Å². The van der Waals surface area contributed by atoms with Crippen molar-refractivity contribution in [2.75, 3.05) is 13.2 Å². The van der Waals surface area contributed by atoms with Crippen LogP contribution in [0.5, 0.6) is 5.75 Å². The molecule has 0 aromatic heterocycles. The number of hydrogen-bond acceptors (Lipinski definition) is 2. The van der Waals surface area contributed by atoms with Gasteiger partial charge in [0.15, 0.2) is 0 Å². The molecule has 1 rings (SSSR count). The molecule has 0 N–H and O–H groups in total. The minimum Gasteiger partial charge on any atom is -0.493 e. The molecule has 0 radical (unpaired) electrons. The van der Waals surface area contributed by atoms with E-state index < -0.39 is 0 Å². The highest BCUT2D eigenvalue weighted by molar-refractivity contribution is 5.27.